The molecule has 170 valence electrons. The number of hydrogen-bond acceptors (Lipinski definition) is 5. The fraction of sp³-hybridized carbons (Fsp3) is 0.182. The highest BCUT2D eigenvalue weighted by molar-refractivity contribution is 7.99. The van der Waals surface area contributed by atoms with Gasteiger partial charge in [0.2, 0.25) is 5.91 Å². The van der Waals surface area contributed by atoms with E-state index in [0.717, 1.165) is 11.3 Å². The highest BCUT2D eigenvalue weighted by atomic mass is 35.5. The van der Waals surface area contributed by atoms with Crippen LogP contribution in [0.5, 0.6) is 0 Å². The van der Waals surface area contributed by atoms with E-state index in [-0.39, 0.29) is 22.9 Å². The number of halogens is 2. The van der Waals surface area contributed by atoms with Crippen molar-refractivity contribution in [2.24, 2.45) is 14.1 Å². The van der Waals surface area contributed by atoms with Gasteiger partial charge in [-0.2, -0.15) is 0 Å². The molecule has 0 aliphatic rings. The predicted octanol–water partition coefficient (Wildman–Crippen LogP) is 4.32. The molecule has 2 aromatic carbocycles. The number of amides is 1. The summed E-state index contributed by atoms with van der Waals surface area (Å²) in [5.41, 5.74) is 2.10. The van der Waals surface area contributed by atoms with Crippen LogP contribution in [-0.2, 0) is 18.9 Å². The maximum absolute atomic E-state index is 13.0. The van der Waals surface area contributed by atoms with Crippen molar-refractivity contribution in [2.75, 3.05) is 11.1 Å². The van der Waals surface area contributed by atoms with E-state index in [1.165, 1.54) is 16.4 Å². The molecule has 0 radical (unpaired) electrons. The zero-order chi connectivity index (χ0) is 23.7. The number of carbonyl (C=O) groups is 1. The van der Waals surface area contributed by atoms with Crippen LogP contribution in [0.4, 0.5) is 5.69 Å². The largest absolute Gasteiger partial charge is 0.319 e. The standard InChI is InChI=1S/C22H20Cl2N6O2S/c1-13-19(21(32)30(29(13)3)15-7-5-4-6-8-15)25-18(31)12-33-22-27-26-20(28(22)2)14-9-10-16(23)17(24)11-14/h4-11H,12H2,1-3H3,(H,25,31). The van der Waals surface area contributed by atoms with Crippen molar-refractivity contribution in [3.05, 3.63) is 74.6 Å². The molecule has 0 unspecified atom stereocenters. The molecule has 0 spiro atoms. The molecule has 11 heteroatoms. The Bertz CT molecular complexity index is 1390. The molecule has 2 heterocycles. The van der Waals surface area contributed by atoms with Gasteiger partial charge in [0, 0.05) is 19.7 Å². The molecule has 8 nitrogen and oxygen atoms in total. The van der Waals surface area contributed by atoms with E-state index < -0.39 is 0 Å². The van der Waals surface area contributed by atoms with E-state index in [9.17, 15) is 9.59 Å². The van der Waals surface area contributed by atoms with Crippen LogP contribution < -0.4 is 10.9 Å². The third kappa shape index (κ3) is 4.57. The van der Waals surface area contributed by atoms with Crippen LogP contribution in [0.2, 0.25) is 10.0 Å². The number of benzene rings is 2. The third-order valence-corrected chi connectivity index (χ3v) is 6.92. The van der Waals surface area contributed by atoms with Crippen LogP contribution in [0.25, 0.3) is 17.1 Å². The summed E-state index contributed by atoms with van der Waals surface area (Å²) in [6.07, 6.45) is 0. The van der Waals surface area contributed by atoms with Crippen LogP contribution in [0.1, 0.15) is 5.69 Å². The number of aromatic nitrogens is 5. The van der Waals surface area contributed by atoms with Crippen molar-refractivity contribution in [1.82, 2.24) is 24.1 Å². The van der Waals surface area contributed by atoms with Gasteiger partial charge in [-0.05, 0) is 37.3 Å². The smallest absolute Gasteiger partial charge is 0.295 e. The lowest BCUT2D eigenvalue weighted by Crippen LogP contribution is -2.23. The molecule has 33 heavy (non-hydrogen) atoms. The van der Waals surface area contributed by atoms with Gasteiger partial charge in [-0.15, -0.1) is 10.2 Å². The molecule has 1 amide bonds. The highest BCUT2D eigenvalue weighted by Gasteiger charge is 2.19. The molecule has 4 aromatic rings. The minimum atomic E-state index is -0.315. The summed E-state index contributed by atoms with van der Waals surface area (Å²) in [5.74, 6) is 0.346. The van der Waals surface area contributed by atoms with Crippen LogP contribution >= 0.6 is 35.0 Å². The lowest BCUT2D eigenvalue weighted by molar-refractivity contribution is -0.113. The topological polar surface area (TPSA) is 86.7 Å². The Kier molecular flexibility index (Phi) is 6.64. The molecular formula is C22H20Cl2N6O2S. The second-order valence-electron chi connectivity index (χ2n) is 7.27. The number of nitrogens with zero attached hydrogens (tertiary/aromatic N) is 5. The van der Waals surface area contributed by atoms with Crippen LogP contribution in [-0.4, -0.2) is 35.8 Å². The Morgan fingerprint density at radius 3 is 2.48 bits per heavy atom. The van der Waals surface area contributed by atoms with Crippen LogP contribution in [0, 0.1) is 6.92 Å². The van der Waals surface area contributed by atoms with Crippen molar-refractivity contribution >= 4 is 46.6 Å². The van der Waals surface area contributed by atoms with Crippen molar-refractivity contribution < 1.29 is 4.79 Å². The summed E-state index contributed by atoms with van der Waals surface area (Å²) in [4.78, 5) is 25.6. The quantitative estimate of drug-likeness (QED) is 0.396. The average Bonchev–Trinajstić information content (AvgIpc) is 3.27. The van der Waals surface area contributed by atoms with E-state index in [1.54, 1.807) is 48.5 Å². The fourth-order valence-electron chi connectivity index (χ4n) is 3.35. The van der Waals surface area contributed by atoms with Gasteiger partial charge in [0.05, 0.1) is 27.2 Å². The van der Waals surface area contributed by atoms with Gasteiger partial charge < -0.3 is 9.88 Å². The first-order valence-corrected chi connectivity index (χ1v) is 11.6. The lowest BCUT2D eigenvalue weighted by atomic mass is 10.2. The number of hydrogen-bond donors (Lipinski definition) is 1. The van der Waals surface area contributed by atoms with Crippen LogP contribution in [0.3, 0.4) is 0 Å². The summed E-state index contributed by atoms with van der Waals surface area (Å²) in [5, 5.41) is 12.5. The summed E-state index contributed by atoms with van der Waals surface area (Å²) in [6, 6.07) is 14.5. The molecule has 0 aliphatic carbocycles. The highest BCUT2D eigenvalue weighted by Crippen LogP contribution is 2.29. The fourth-order valence-corrected chi connectivity index (χ4v) is 4.35. The Morgan fingerprint density at radius 1 is 1.06 bits per heavy atom. The minimum Gasteiger partial charge on any atom is -0.319 e. The second kappa shape index (κ2) is 9.46. The molecule has 0 bridgehead atoms. The first-order chi connectivity index (χ1) is 15.8. The minimum absolute atomic E-state index is 0.0620. The van der Waals surface area contributed by atoms with Gasteiger partial charge in [0.15, 0.2) is 11.0 Å². The number of para-hydroxylation sites is 1. The Morgan fingerprint density at radius 2 is 1.79 bits per heavy atom. The summed E-state index contributed by atoms with van der Waals surface area (Å²) in [7, 11) is 3.58. The third-order valence-electron chi connectivity index (χ3n) is 5.16. The van der Waals surface area contributed by atoms with E-state index in [2.05, 4.69) is 15.5 Å². The lowest BCUT2D eigenvalue weighted by Gasteiger charge is -2.07. The number of carbonyl (C=O) groups excluding carboxylic acids is 1. The molecule has 4 rings (SSSR count). The van der Waals surface area contributed by atoms with E-state index in [0.29, 0.717) is 26.7 Å². The molecule has 2 aromatic heterocycles. The number of nitrogens with one attached hydrogen (secondary N) is 1. The van der Waals surface area contributed by atoms with Crippen molar-refractivity contribution in [3.8, 4) is 17.1 Å². The van der Waals surface area contributed by atoms with Crippen molar-refractivity contribution in [1.29, 1.82) is 0 Å². The Labute approximate surface area is 204 Å². The normalized spacial score (nSPS) is 11.1. The molecule has 0 aliphatic heterocycles. The number of anilines is 1. The monoisotopic (exact) mass is 502 g/mol. The maximum Gasteiger partial charge on any atom is 0.295 e. The average molecular weight is 503 g/mol. The van der Waals surface area contributed by atoms with Crippen molar-refractivity contribution in [3.63, 3.8) is 0 Å². The van der Waals surface area contributed by atoms with Gasteiger partial charge in [0.25, 0.3) is 5.56 Å². The zero-order valence-corrected chi connectivity index (χ0v) is 20.4. The van der Waals surface area contributed by atoms with E-state index >= 15 is 0 Å². The SMILES string of the molecule is Cc1c(NC(=O)CSc2nnc(-c3ccc(Cl)c(Cl)c3)n2C)c(=O)n(-c2ccccc2)n1C. The van der Waals surface area contributed by atoms with Gasteiger partial charge in [-0.1, -0.05) is 53.2 Å². The zero-order valence-electron chi connectivity index (χ0n) is 18.0. The predicted molar refractivity (Wildman–Crippen MR) is 132 cm³/mol. The summed E-state index contributed by atoms with van der Waals surface area (Å²) in [6.45, 7) is 1.79. The first-order valence-electron chi connectivity index (χ1n) is 9.89. The molecule has 0 fully saturated rings. The van der Waals surface area contributed by atoms with E-state index in [1.807, 2.05) is 30.3 Å². The first kappa shape index (κ1) is 23.2. The Balaban J connectivity index is 1.48. The van der Waals surface area contributed by atoms with E-state index in [4.69, 9.17) is 23.2 Å². The second-order valence-corrected chi connectivity index (χ2v) is 9.02. The van der Waals surface area contributed by atoms with Gasteiger partial charge in [-0.3, -0.25) is 14.3 Å². The molecule has 1 N–H and O–H groups in total. The summed E-state index contributed by atoms with van der Waals surface area (Å²) >= 11 is 13.3. The number of rotatable bonds is 6. The summed E-state index contributed by atoms with van der Waals surface area (Å²) < 4.78 is 5.00. The molecule has 0 saturated carbocycles. The molecular weight excluding hydrogens is 483 g/mol. The van der Waals surface area contributed by atoms with Gasteiger partial charge >= 0.3 is 0 Å². The van der Waals surface area contributed by atoms with Gasteiger partial charge in [-0.25, -0.2) is 4.68 Å². The number of thioether (sulfide) groups is 1. The van der Waals surface area contributed by atoms with Crippen LogP contribution in [0.15, 0.2) is 58.5 Å². The molecule has 0 atom stereocenters. The molecule has 0 saturated heterocycles. The van der Waals surface area contributed by atoms with Crippen molar-refractivity contribution in [2.45, 2.75) is 12.1 Å². The Hall–Kier alpha value is -3.01. The van der Waals surface area contributed by atoms with Gasteiger partial charge in [0.1, 0.15) is 5.69 Å². The maximum atomic E-state index is 13.0.